The van der Waals surface area contributed by atoms with Gasteiger partial charge in [0.05, 0.1) is 5.69 Å². The number of carbonyl (C=O) groups excluding carboxylic acids is 1. The molecule has 0 aliphatic carbocycles. The third kappa shape index (κ3) is 3.68. The van der Waals surface area contributed by atoms with Crippen LogP contribution >= 0.6 is 23.2 Å². The third-order valence-corrected chi connectivity index (χ3v) is 6.41. The minimum Gasteiger partial charge on any atom is -0.308 e. The van der Waals surface area contributed by atoms with Gasteiger partial charge in [-0.1, -0.05) is 60.5 Å². The monoisotopic (exact) mass is 438 g/mol. The lowest BCUT2D eigenvalue weighted by atomic mass is 9.65. The van der Waals surface area contributed by atoms with Gasteiger partial charge in [0.1, 0.15) is 0 Å². The Kier molecular flexibility index (Phi) is 5.29. The fraction of sp³-hybridized carbons (Fsp3) is 0.240. The molecule has 0 fully saturated rings. The van der Waals surface area contributed by atoms with Crippen LogP contribution < -0.4 is 10.2 Å². The second kappa shape index (κ2) is 7.64. The van der Waals surface area contributed by atoms with Crippen LogP contribution in [0.5, 0.6) is 0 Å². The van der Waals surface area contributed by atoms with Crippen molar-refractivity contribution in [3.8, 4) is 0 Å². The molecule has 3 aromatic carbocycles. The number of fused-ring (bicyclic) bond motifs is 1. The van der Waals surface area contributed by atoms with Crippen molar-refractivity contribution in [3.05, 3.63) is 94.0 Å². The maximum absolute atomic E-state index is 13.4. The molecule has 0 aromatic heterocycles. The molecule has 0 unspecified atom stereocenters. The normalized spacial score (nSPS) is 19.8. The Balaban J connectivity index is 1.77. The standard InChI is InChI=1S/C25H24Cl2N2O/c1-24(2)16-25(3,17-8-10-18(26)11-9-17)21-6-4-5-7-22(21)29(24)23(30)28-20-14-12-19(27)13-15-20/h4-15H,16H2,1-3H3,(H,28,30)/t25-/m1/s1. The number of hydrogen-bond donors (Lipinski definition) is 1. The number of anilines is 2. The summed E-state index contributed by atoms with van der Waals surface area (Å²) in [6, 6.07) is 23.1. The highest BCUT2D eigenvalue weighted by molar-refractivity contribution is 6.30. The van der Waals surface area contributed by atoms with Gasteiger partial charge < -0.3 is 5.32 Å². The summed E-state index contributed by atoms with van der Waals surface area (Å²) in [4.78, 5) is 15.3. The topological polar surface area (TPSA) is 32.3 Å². The van der Waals surface area contributed by atoms with Crippen LogP contribution in [0.15, 0.2) is 72.8 Å². The predicted octanol–water partition coefficient (Wildman–Crippen LogP) is 7.52. The Morgan fingerprint density at radius 3 is 2.07 bits per heavy atom. The van der Waals surface area contributed by atoms with Crippen molar-refractivity contribution in [1.29, 1.82) is 0 Å². The van der Waals surface area contributed by atoms with Crippen LogP contribution in [0.25, 0.3) is 0 Å². The van der Waals surface area contributed by atoms with Crippen molar-refractivity contribution in [2.45, 2.75) is 38.1 Å². The van der Waals surface area contributed by atoms with E-state index < -0.39 is 5.54 Å². The smallest absolute Gasteiger partial charge is 0.308 e. The first-order valence-corrected chi connectivity index (χ1v) is 10.7. The van der Waals surface area contributed by atoms with Crippen LogP contribution in [0.1, 0.15) is 38.3 Å². The van der Waals surface area contributed by atoms with E-state index in [1.807, 2.05) is 35.2 Å². The number of urea groups is 1. The number of rotatable bonds is 2. The highest BCUT2D eigenvalue weighted by Gasteiger charge is 2.47. The number of nitrogens with zero attached hydrogens (tertiary/aromatic N) is 1. The van der Waals surface area contributed by atoms with E-state index in [1.54, 1.807) is 24.3 Å². The predicted molar refractivity (Wildman–Crippen MR) is 126 cm³/mol. The van der Waals surface area contributed by atoms with Gasteiger partial charge >= 0.3 is 6.03 Å². The molecule has 154 valence electrons. The van der Waals surface area contributed by atoms with Crippen LogP contribution in [0.2, 0.25) is 10.0 Å². The first kappa shape index (κ1) is 20.8. The summed E-state index contributed by atoms with van der Waals surface area (Å²) < 4.78 is 0. The zero-order chi connectivity index (χ0) is 21.5. The summed E-state index contributed by atoms with van der Waals surface area (Å²) in [6.45, 7) is 6.46. The number of carbonyl (C=O) groups is 1. The van der Waals surface area contributed by atoms with E-state index in [0.29, 0.717) is 10.7 Å². The lowest BCUT2D eigenvalue weighted by Crippen LogP contribution is -2.57. The Labute approximate surface area is 187 Å². The average molecular weight is 439 g/mol. The van der Waals surface area contributed by atoms with Crippen molar-refractivity contribution in [2.75, 3.05) is 10.2 Å². The Bertz CT molecular complexity index is 1080. The molecular formula is C25H24Cl2N2O. The van der Waals surface area contributed by atoms with Crippen molar-refractivity contribution in [1.82, 2.24) is 0 Å². The first-order valence-electron chi connectivity index (χ1n) is 9.93. The first-order chi connectivity index (χ1) is 14.2. The van der Waals surface area contributed by atoms with E-state index in [4.69, 9.17) is 23.2 Å². The molecule has 0 radical (unpaired) electrons. The van der Waals surface area contributed by atoms with Crippen molar-refractivity contribution in [3.63, 3.8) is 0 Å². The van der Waals surface area contributed by atoms with Gasteiger partial charge in [0.2, 0.25) is 0 Å². The SMILES string of the molecule is CC1(C)C[C@](C)(c2ccc(Cl)cc2)c2ccccc2N1C(=O)Nc1ccc(Cl)cc1. The van der Waals surface area contributed by atoms with Gasteiger partial charge in [-0.05, 0) is 73.9 Å². The second-order valence-corrected chi connectivity index (χ2v) is 9.49. The third-order valence-electron chi connectivity index (χ3n) is 5.91. The summed E-state index contributed by atoms with van der Waals surface area (Å²) in [5.41, 5.74) is 3.27. The maximum atomic E-state index is 13.4. The quantitative estimate of drug-likeness (QED) is 0.440. The Morgan fingerprint density at radius 1 is 0.867 bits per heavy atom. The molecule has 30 heavy (non-hydrogen) atoms. The number of benzene rings is 3. The Morgan fingerprint density at radius 2 is 1.43 bits per heavy atom. The van der Waals surface area contributed by atoms with Gasteiger partial charge in [0.25, 0.3) is 0 Å². The minimum absolute atomic E-state index is 0.159. The second-order valence-electron chi connectivity index (χ2n) is 8.62. The molecule has 1 aliphatic rings. The molecule has 5 heteroatoms. The molecule has 3 nitrogen and oxygen atoms in total. The van der Waals surface area contributed by atoms with Crippen LogP contribution in [0, 0.1) is 0 Å². The fourth-order valence-corrected chi connectivity index (χ4v) is 4.92. The fourth-order valence-electron chi connectivity index (χ4n) is 4.67. The average Bonchev–Trinajstić information content (AvgIpc) is 2.69. The number of hydrogen-bond acceptors (Lipinski definition) is 1. The van der Waals surface area contributed by atoms with Crippen LogP contribution in [0.3, 0.4) is 0 Å². The molecule has 1 heterocycles. The largest absolute Gasteiger partial charge is 0.326 e. The number of amides is 2. The molecule has 0 spiro atoms. The molecule has 0 bridgehead atoms. The van der Waals surface area contributed by atoms with Crippen molar-refractivity contribution < 1.29 is 4.79 Å². The van der Waals surface area contributed by atoms with Gasteiger partial charge in [-0.25, -0.2) is 4.79 Å². The van der Waals surface area contributed by atoms with E-state index >= 15 is 0 Å². The van der Waals surface area contributed by atoms with Gasteiger partial charge in [-0.15, -0.1) is 0 Å². The van der Waals surface area contributed by atoms with Gasteiger partial charge in [0.15, 0.2) is 0 Å². The van der Waals surface area contributed by atoms with E-state index in [-0.39, 0.29) is 11.4 Å². The summed E-state index contributed by atoms with van der Waals surface area (Å²) in [5, 5.41) is 4.37. The van der Waals surface area contributed by atoms with Gasteiger partial charge in [-0.2, -0.15) is 0 Å². The van der Waals surface area contributed by atoms with E-state index in [2.05, 4.69) is 44.3 Å². The molecule has 1 N–H and O–H groups in total. The van der Waals surface area contributed by atoms with Crippen molar-refractivity contribution >= 4 is 40.6 Å². The Hall–Kier alpha value is -2.49. The van der Waals surface area contributed by atoms with Gasteiger partial charge in [-0.3, -0.25) is 4.90 Å². The lowest BCUT2D eigenvalue weighted by Gasteiger charge is -2.51. The molecule has 0 saturated heterocycles. The van der Waals surface area contributed by atoms with Crippen molar-refractivity contribution in [2.24, 2.45) is 0 Å². The summed E-state index contributed by atoms with van der Waals surface area (Å²) in [5.74, 6) is 0. The summed E-state index contributed by atoms with van der Waals surface area (Å²) >= 11 is 12.1. The van der Waals surface area contributed by atoms with Crippen LogP contribution in [-0.2, 0) is 5.41 Å². The molecule has 1 atom stereocenters. The van der Waals surface area contributed by atoms with E-state index in [0.717, 1.165) is 22.7 Å². The van der Waals surface area contributed by atoms with Crippen LogP contribution in [0.4, 0.5) is 16.2 Å². The lowest BCUT2D eigenvalue weighted by molar-refractivity contribution is 0.243. The molecule has 3 aromatic rings. The highest BCUT2D eigenvalue weighted by Crippen LogP contribution is 2.50. The summed E-state index contributed by atoms with van der Waals surface area (Å²) in [6.07, 6.45) is 0.771. The van der Waals surface area contributed by atoms with Crippen LogP contribution in [-0.4, -0.2) is 11.6 Å². The number of halogens is 2. The number of para-hydroxylation sites is 1. The zero-order valence-corrected chi connectivity index (χ0v) is 18.8. The molecule has 2 amide bonds. The van der Waals surface area contributed by atoms with Gasteiger partial charge in [0, 0.05) is 26.7 Å². The highest BCUT2D eigenvalue weighted by atomic mass is 35.5. The molecule has 1 aliphatic heterocycles. The molecule has 4 rings (SSSR count). The molecular weight excluding hydrogens is 415 g/mol. The maximum Gasteiger partial charge on any atom is 0.326 e. The zero-order valence-electron chi connectivity index (χ0n) is 17.2. The summed E-state index contributed by atoms with van der Waals surface area (Å²) in [7, 11) is 0. The van der Waals surface area contributed by atoms with E-state index in [9.17, 15) is 4.79 Å². The van der Waals surface area contributed by atoms with E-state index in [1.165, 1.54) is 5.56 Å². The minimum atomic E-state index is -0.417. The molecule has 0 saturated carbocycles. The number of nitrogens with one attached hydrogen (secondary N) is 1.